The topological polar surface area (TPSA) is 54.0 Å². The fourth-order valence-corrected chi connectivity index (χ4v) is 1.26. The first-order valence-electron chi connectivity index (χ1n) is 4.41. The van der Waals surface area contributed by atoms with E-state index in [1.807, 2.05) is 30.3 Å². The van der Waals surface area contributed by atoms with Gasteiger partial charge in [0.25, 0.3) is 0 Å². The molecule has 1 aromatic carbocycles. The maximum Gasteiger partial charge on any atom is 0.354 e. The minimum Gasteiger partial charge on any atom is -0.422 e. The van der Waals surface area contributed by atoms with Crippen LogP contribution in [0, 0.1) is 11.3 Å². The van der Waals surface area contributed by atoms with Gasteiger partial charge in [0, 0.05) is 5.56 Å². The van der Waals surface area contributed by atoms with Crippen molar-refractivity contribution in [3.05, 3.63) is 58.4 Å². The average molecular weight is 197 g/mol. The molecular weight excluding hydrogens is 190 g/mol. The molecule has 0 fully saturated rings. The third kappa shape index (κ3) is 1.79. The SMILES string of the molecule is N#Cc1ccc(-c2ccccc2)oc1=O. The van der Waals surface area contributed by atoms with E-state index in [1.165, 1.54) is 6.07 Å². The Kier molecular flexibility index (Phi) is 2.34. The van der Waals surface area contributed by atoms with E-state index in [0.29, 0.717) is 5.76 Å². The molecule has 72 valence electrons. The van der Waals surface area contributed by atoms with E-state index in [0.717, 1.165) is 5.56 Å². The summed E-state index contributed by atoms with van der Waals surface area (Å²) < 4.78 is 5.01. The highest BCUT2D eigenvalue weighted by Crippen LogP contribution is 2.16. The maximum absolute atomic E-state index is 11.3. The minimum absolute atomic E-state index is 0.0229. The Bertz CT molecular complexity index is 564. The molecule has 3 heteroatoms. The number of nitriles is 1. The summed E-state index contributed by atoms with van der Waals surface area (Å²) in [6.45, 7) is 0. The van der Waals surface area contributed by atoms with Crippen LogP contribution in [0.4, 0.5) is 0 Å². The van der Waals surface area contributed by atoms with Crippen LogP contribution in [0.3, 0.4) is 0 Å². The summed E-state index contributed by atoms with van der Waals surface area (Å²) in [5.41, 5.74) is 0.243. The molecule has 0 spiro atoms. The molecule has 3 nitrogen and oxygen atoms in total. The number of hydrogen-bond acceptors (Lipinski definition) is 3. The van der Waals surface area contributed by atoms with Crippen molar-refractivity contribution in [3.63, 3.8) is 0 Å². The minimum atomic E-state index is -0.598. The summed E-state index contributed by atoms with van der Waals surface area (Å²) in [7, 11) is 0. The highest BCUT2D eigenvalue weighted by atomic mass is 16.4. The van der Waals surface area contributed by atoms with Crippen molar-refractivity contribution in [2.45, 2.75) is 0 Å². The van der Waals surface area contributed by atoms with E-state index in [1.54, 1.807) is 12.1 Å². The zero-order chi connectivity index (χ0) is 10.7. The van der Waals surface area contributed by atoms with Crippen LogP contribution in [0.2, 0.25) is 0 Å². The van der Waals surface area contributed by atoms with Crippen LogP contribution in [0.5, 0.6) is 0 Å². The molecule has 1 heterocycles. The fraction of sp³-hybridized carbons (Fsp3) is 0. The molecule has 0 aliphatic carbocycles. The molecule has 2 aromatic rings. The van der Waals surface area contributed by atoms with Crippen LogP contribution >= 0.6 is 0 Å². The van der Waals surface area contributed by atoms with Crippen LogP contribution in [0.15, 0.2) is 51.7 Å². The van der Waals surface area contributed by atoms with E-state index in [9.17, 15) is 4.79 Å². The first-order valence-corrected chi connectivity index (χ1v) is 4.41. The van der Waals surface area contributed by atoms with E-state index in [-0.39, 0.29) is 5.56 Å². The molecule has 0 amide bonds. The third-order valence-electron chi connectivity index (χ3n) is 2.00. The summed E-state index contributed by atoms with van der Waals surface area (Å²) in [6.07, 6.45) is 0. The summed E-state index contributed by atoms with van der Waals surface area (Å²) in [4.78, 5) is 11.3. The van der Waals surface area contributed by atoms with E-state index < -0.39 is 5.63 Å². The molecule has 0 radical (unpaired) electrons. The van der Waals surface area contributed by atoms with Gasteiger partial charge in [-0.15, -0.1) is 0 Å². The Hall–Kier alpha value is -2.34. The van der Waals surface area contributed by atoms with Crippen molar-refractivity contribution in [2.24, 2.45) is 0 Å². The third-order valence-corrected chi connectivity index (χ3v) is 2.00. The molecule has 2 rings (SSSR count). The standard InChI is InChI=1S/C12H7NO2/c13-8-10-6-7-11(15-12(10)14)9-4-2-1-3-5-9/h1-7H. The molecule has 0 bridgehead atoms. The first kappa shape index (κ1) is 9.22. The Morgan fingerprint density at radius 3 is 2.40 bits per heavy atom. The normalized spacial score (nSPS) is 9.53. The fourth-order valence-electron chi connectivity index (χ4n) is 1.26. The lowest BCUT2D eigenvalue weighted by atomic mass is 10.1. The van der Waals surface area contributed by atoms with E-state index >= 15 is 0 Å². The zero-order valence-electron chi connectivity index (χ0n) is 7.81. The van der Waals surface area contributed by atoms with Crippen LogP contribution in [0.25, 0.3) is 11.3 Å². The van der Waals surface area contributed by atoms with Gasteiger partial charge in [-0.2, -0.15) is 5.26 Å². The van der Waals surface area contributed by atoms with Gasteiger partial charge >= 0.3 is 5.63 Å². The van der Waals surface area contributed by atoms with Crippen molar-refractivity contribution in [3.8, 4) is 17.4 Å². The lowest BCUT2D eigenvalue weighted by Crippen LogP contribution is -2.03. The van der Waals surface area contributed by atoms with Crippen LogP contribution in [-0.4, -0.2) is 0 Å². The van der Waals surface area contributed by atoms with Gasteiger partial charge < -0.3 is 4.42 Å². The van der Waals surface area contributed by atoms with Gasteiger partial charge in [0.05, 0.1) is 0 Å². The quantitative estimate of drug-likeness (QED) is 0.704. The Labute approximate surface area is 86.2 Å². The number of rotatable bonds is 1. The van der Waals surface area contributed by atoms with Gasteiger partial charge in [-0.05, 0) is 12.1 Å². The lowest BCUT2D eigenvalue weighted by Gasteiger charge is -1.98. The zero-order valence-corrected chi connectivity index (χ0v) is 7.81. The molecule has 0 atom stereocenters. The molecule has 0 N–H and O–H groups in total. The van der Waals surface area contributed by atoms with Crippen LogP contribution in [0.1, 0.15) is 5.56 Å². The second kappa shape index (κ2) is 3.81. The van der Waals surface area contributed by atoms with Crippen molar-refractivity contribution < 1.29 is 4.42 Å². The highest BCUT2D eigenvalue weighted by Gasteiger charge is 2.03. The van der Waals surface area contributed by atoms with Crippen LogP contribution in [-0.2, 0) is 0 Å². The molecule has 0 aliphatic heterocycles. The van der Waals surface area contributed by atoms with Gasteiger partial charge in [-0.25, -0.2) is 4.79 Å². The monoisotopic (exact) mass is 197 g/mol. The molecule has 0 saturated carbocycles. The number of nitrogens with zero attached hydrogens (tertiary/aromatic N) is 1. The summed E-state index contributed by atoms with van der Waals surface area (Å²) in [5.74, 6) is 0.472. The van der Waals surface area contributed by atoms with Gasteiger partial charge in [0.15, 0.2) is 0 Å². The summed E-state index contributed by atoms with van der Waals surface area (Å²) >= 11 is 0. The molecule has 0 unspecified atom stereocenters. The number of hydrogen-bond donors (Lipinski definition) is 0. The second-order valence-corrected chi connectivity index (χ2v) is 2.98. The summed E-state index contributed by atoms with van der Waals surface area (Å²) in [6, 6.07) is 14.1. The molecule has 0 saturated heterocycles. The van der Waals surface area contributed by atoms with Crippen molar-refractivity contribution in [2.75, 3.05) is 0 Å². The predicted octanol–water partition coefficient (Wildman–Crippen LogP) is 2.18. The van der Waals surface area contributed by atoms with Crippen molar-refractivity contribution in [1.29, 1.82) is 5.26 Å². The maximum atomic E-state index is 11.3. The molecular formula is C12H7NO2. The van der Waals surface area contributed by atoms with Crippen molar-refractivity contribution in [1.82, 2.24) is 0 Å². The highest BCUT2D eigenvalue weighted by molar-refractivity contribution is 5.56. The van der Waals surface area contributed by atoms with Crippen LogP contribution < -0.4 is 5.63 Å². The Balaban J connectivity index is 2.54. The summed E-state index contributed by atoms with van der Waals surface area (Å²) in [5, 5.41) is 8.57. The van der Waals surface area contributed by atoms with Gasteiger partial charge in [0.1, 0.15) is 17.4 Å². The molecule has 15 heavy (non-hydrogen) atoms. The smallest absolute Gasteiger partial charge is 0.354 e. The molecule has 0 aliphatic rings. The number of benzene rings is 1. The van der Waals surface area contributed by atoms with Gasteiger partial charge in [-0.3, -0.25) is 0 Å². The average Bonchev–Trinajstić information content (AvgIpc) is 2.30. The Morgan fingerprint density at radius 1 is 1.07 bits per heavy atom. The van der Waals surface area contributed by atoms with E-state index in [2.05, 4.69) is 0 Å². The van der Waals surface area contributed by atoms with E-state index in [4.69, 9.17) is 9.68 Å². The lowest BCUT2D eigenvalue weighted by molar-refractivity contribution is 0.523. The van der Waals surface area contributed by atoms with Gasteiger partial charge in [-0.1, -0.05) is 30.3 Å². The first-order chi connectivity index (χ1) is 7.31. The Morgan fingerprint density at radius 2 is 1.80 bits per heavy atom. The van der Waals surface area contributed by atoms with Crippen molar-refractivity contribution >= 4 is 0 Å². The largest absolute Gasteiger partial charge is 0.422 e. The predicted molar refractivity (Wildman–Crippen MR) is 55.1 cm³/mol. The van der Waals surface area contributed by atoms with Gasteiger partial charge in [0.2, 0.25) is 0 Å². The molecule has 1 aromatic heterocycles. The second-order valence-electron chi connectivity index (χ2n) is 2.98.